The highest BCUT2D eigenvalue weighted by atomic mass is 19.4. The minimum atomic E-state index is -4.47. The SMILES string of the molecule is CCN(CC(F)(F)F)C(=O)C1(C(N)=NO)CCCCC1. The fourth-order valence-electron chi connectivity index (χ4n) is 2.68. The van der Waals surface area contributed by atoms with Gasteiger partial charge in [0.05, 0.1) is 0 Å². The summed E-state index contributed by atoms with van der Waals surface area (Å²) < 4.78 is 37.6. The number of halogens is 3. The van der Waals surface area contributed by atoms with Gasteiger partial charge in [0.25, 0.3) is 0 Å². The summed E-state index contributed by atoms with van der Waals surface area (Å²) in [5.74, 6) is -0.991. The summed E-state index contributed by atoms with van der Waals surface area (Å²) in [6.07, 6.45) is -1.60. The van der Waals surface area contributed by atoms with Crippen LogP contribution in [0, 0.1) is 5.41 Å². The summed E-state index contributed by atoms with van der Waals surface area (Å²) in [6.45, 7) is 0.0913. The third kappa shape index (κ3) is 3.55. The van der Waals surface area contributed by atoms with Gasteiger partial charge in [-0.05, 0) is 19.8 Å². The fourth-order valence-corrected chi connectivity index (χ4v) is 2.68. The molecule has 8 heteroatoms. The molecule has 3 N–H and O–H groups in total. The number of amidine groups is 1. The Hall–Kier alpha value is -1.47. The van der Waals surface area contributed by atoms with Gasteiger partial charge in [0, 0.05) is 6.54 Å². The van der Waals surface area contributed by atoms with Crippen LogP contribution < -0.4 is 5.73 Å². The Labute approximate surface area is 115 Å². The van der Waals surface area contributed by atoms with Crippen LogP contribution in [-0.4, -0.2) is 41.1 Å². The number of hydrogen-bond acceptors (Lipinski definition) is 3. The molecule has 1 rings (SSSR count). The van der Waals surface area contributed by atoms with Gasteiger partial charge in [0.2, 0.25) is 5.91 Å². The second-order valence-electron chi connectivity index (χ2n) is 5.06. The van der Waals surface area contributed by atoms with E-state index in [1.165, 1.54) is 6.92 Å². The van der Waals surface area contributed by atoms with E-state index in [0.29, 0.717) is 25.7 Å². The van der Waals surface area contributed by atoms with Crippen LogP contribution >= 0.6 is 0 Å². The van der Waals surface area contributed by atoms with E-state index in [4.69, 9.17) is 10.9 Å². The Balaban J connectivity index is 3.03. The Morgan fingerprint density at radius 1 is 1.35 bits per heavy atom. The third-order valence-corrected chi connectivity index (χ3v) is 3.75. The average Bonchev–Trinajstić information content (AvgIpc) is 2.42. The van der Waals surface area contributed by atoms with Gasteiger partial charge in [0.15, 0.2) is 5.84 Å². The molecule has 1 aliphatic rings. The van der Waals surface area contributed by atoms with Crippen molar-refractivity contribution in [3.8, 4) is 0 Å². The zero-order valence-electron chi connectivity index (χ0n) is 11.4. The number of carbonyl (C=O) groups is 1. The first-order valence-electron chi connectivity index (χ1n) is 6.61. The first-order chi connectivity index (χ1) is 9.27. The van der Waals surface area contributed by atoms with E-state index in [1.54, 1.807) is 0 Å². The van der Waals surface area contributed by atoms with Crippen LogP contribution in [0.5, 0.6) is 0 Å². The molecule has 0 aromatic rings. The van der Waals surface area contributed by atoms with E-state index in [1.807, 2.05) is 0 Å². The molecule has 0 spiro atoms. The van der Waals surface area contributed by atoms with E-state index >= 15 is 0 Å². The lowest BCUT2D eigenvalue weighted by atomic mass is 9.72. The summed E-state index contributed by atoms with van der Waals surface area (Å²) in [4.78, 5) is 13.2. The number of nitrogens with zero attached hydrogens (tertiary/aromatic N) is 2. The molecule has 0 heterocycles. The van der Waals surface area contributed by atoms with Crippen molar-refractivity contribution >= 4 is 11.7 Å². The molecule has 1 saturated carbocycles. The van der Waals surface area contributed by atoms with Crippen LogP contribution in [0.2, 0.25) is 0 Å². The van der Waals surface area contributed by atoms with E-state index in [-0.39, 0.29) is 12.4 Å². The Bertz CT molecular complexity index is 377. The van der Waals surface area contributed by atoms with Crippen molar-refractivity contribution in [3.05, 3.63) is 0 Å². The fraction of sp³-hybridized carbons (Fsp3) is 0.833. The second kappa shape index (κ2) is 6.32. The van der Waals surface area contributed by atoms with Crippen molar-refractivity contribution in [2.45, 2.75) is 45.2 Å². The van der Waals surface area contributed by atoms with Gasteiger partial charge in [-0.1, -0.05) is 24.4 Å². The third-order valence-electron chi connectivity index (χ3n) is 3.75. The van der Waals surface area contributed by atoms with Crippen LogP contribution in [-0.2, 0) is 4.79 Å². The van der Waals surface area contributed by atoms with E-state index in [0.717, 1.165) is 11.3 Å². The molecule has 0 unspecified atom stereocenters. The van der Waals surface area contributed by atoms with Crippen molar-refractivity contribution in [1.29, 1.82) is 0 Å². The molecule has 0 atom stereocenters. The first kappa shape index (κ1) is 16.6. The lowest BCUT2D eigenvalue weighted by Gasteiger charge is -2.38. The highest BCUT2D eigenvalue weighted by Crippen LogP contribution is 2.38. The van der Waals surface area contributed by atoms with Crippen molar-refractivity contribution < 1.29 is 23.2 Å². The number of rotatable bonds is 4. The highest BCUT2D eigenvalue weighted by molar-refractivity contribution is 6.06. The van der Waals surface area contributed by atoms with Crippen molar-refractivity contribution in [2.24, 2.45) is 16.3 Å². The zero-order chi connectivity index (χ0) is 15.4. The number of oxime groups is 1. The maximum atomic E-state index is 12.5. The van der Waals surface area contributed by atoms with Crippen molar-refractivity contribution in [3.63, 3.8) is 0 Å². The van der Waals surface area contributed by atoms with E-state index < -0.39 is 24.0 Å². The minimum Gasteiger partial charge on any atom is -0.409 e. The molecule has 0 radical (unpaired) electrons. The summed E-state index contributed by atoms with van der Waals surface area (Å²) >= 11 is 0. The molecule has 20 heavy (non-hydrogen) atoms. The Morgan fingerprint density at radius 3 is 2.30 bits per heavy atom. The molecule has 1 fully saturated rings. The van der Waals surface area contributed by atoms with Crippen LogP contribution in [0.3, 0.4) is 0 Å². The standard InChI is InChI=1S/C12H20F3N3O2/c1-2-18(8-12(13,14)15)10(19)11(9(16)17-20)6-4-3-5-7-11/h20H,2-8H2,1H3,(H2,16,17). The number of alkyl halides is 3. The second-order valence-corrected chi connectivity index (χ2v) is 5.06. The van der Waals surface area contributed by atoms with Gasteiger partial charge in [-0.3, -0.25) is 4.79 Å². The Kier molecular flexibility index (Phi) is 5.24. The van der Waals surface area contributed by atoms with Gasteiger partial charge in [-0.15, -0.1) is 0 Å². The van der Waals surface area contributed by atoms with Crippen molar-refractivity contribution in [2.75, 3.05) is 13.1 Å². The maximum absolute atomic E-state index is 12.5. The molecule has 0 aromatic carbocycles. The molecule has 0 aliphatic heterocycles. The normalized spacial score (nSPS) is 19.7. The maximum Gasteiger partial charge on any atom is 0.406 e. The summed E-state index contributed by atoms with van der Waals surface area (Å²) in [5.41, 5.74) is 4.31. The van der Waals surface area contributed by atoms with Crippen LogP contribution in [0.4, 0.5) is 13.2 Å². The quantitative estimate of drug-likeness (QED) is 0.361. The Morgan fingerprint density at radius 2 is 1.90 bits per heavy atom. The van der Waals surface area contributed by atoms with Gasteiger partial charge >= 0.3 is 6.18 Å². The molecule has 1 amide bonds. The monoisotopic (exact) mass is 295 g/mol. The van der Waals surface area contributed by atoms with Crippen LogP contribution in [0.15, 0.2) is 5.16 Å². The molecule has 1 aliphatic carbocycles. The van der Waals surface area contributed by atoms with Crippen molar-refractivity contribution in [1.82, 2.24) is 4.90 Å². The van der Waals surface area contributed by atoms with E-state index in [9.17, 15) is 18.0 Å². The molecule has 116 valence electrons. The van der Waals surface area contributed by atoms with Crippen LogP contribution in [0.25, 0.3) is 0 Å². The number of carbonyl (C=O) groups excluding carboxylic acids is 1. The molecule has 0 saturated heterocycles. The summed E-state index contributed by atoms with van der Waals surface area (Å²) in [7, 11) is 0. The largest absolute Gasteiger partial charge is 0.409 e. The number of hydrogen-bond donors (Lipinski definition) is 2. The van der Waals surface area contributed by atoms with Gasteiger partial charge in [0.1, 0.15) is 12.0 Å². The molecular formula is C12H20F3N3O2. The number of amides is 1. The molecule has 0 aromatic heterocycles. The highest BCUT2D eigenvalue weighted by Gasteiger charge is 2.47. The smallest absolute Gasteiger partial charge is 0.406 e. The van der Waals surface area contributed by atoms with Gasteiger partial charge in [-0.2, -0.15) is 13.2 Å². The van der Waals surface area contributed by atoms with Crippen LogP contribution in [0.1, 0.15) is 39.0 Å². The molecule has 5 nitrogen and oxygen atoms in total. The van der Waals surface area contributed by atoms with Gasteiger partial charge < -0.3 is 15.8 Å². The topological polar surface area (TPSA) is 78.9 Å². The molecule has 0 bridgehead atoms. The summed E-state index contributed by atoms with van der Waals surface area (Å²) in [5, 5.41) is 11.7. The molecular weight excluding hydrogens is 275 g/mol. The first-order valence-corrected chi connectivity index (χ1v) is 6.61. The predicted molar refractivity (Wildman–Crippen MR) is 67.2 cm³/mol. The zero-order valence-corrected chi connectivity index (χ0v) is 11.4. The van der Waals surface area contributed by atoms with E-state index in [2.05, 4.69) is 5.16 Å². The number of nitrogens with two attached hydrogens (primary N) is 1. The predicted octanol–water partition coefficient (Wildman–Crippen LogP) is 2.09. The minimum absolute atomic E-state index is 0.0706. The lowest BCUT2D eigenvalue weighted by molar-refractivity contribution is -0.166. The summed E-state index contributed by atoms with van der Waals surface area (Å²) in [6, 6.07) is 0. The van der Waals surface area contributed by atoms with Gasteiger partial charge in [-0.25, -0.2) is 0 Å². The average molecular weight is 295 g/mol. The lowest BCUT2D eigenvalue weighted by Crippen LogP contribution is -2.54.